The molecular weight excluding hydrogens is 374 g/mol. The zero-order valence-corrected chi connectivity index (χ0v) is 16.8. The Morgan fingerprint density at radius 2 is 1.70 bits per heavy atom. The van der Waals surface area contributed by atoms with Gasteiger partial charge in [0.15, 0.2) is 0 Å². The van der Waals surface area contributed by atoms with E-state index in [0.717, 1.165) is 29.7 Å². The van der Waals surface area contributed by atoms with E-state index >= 15 is 0 Å². The summed E-state index contributed by atoms with van der Waals surface area (Å²) in [6, 6.07) is 18.0. The smallest absolute Gasteiger partial charge is 0.207 e. The molecule has 1 atom stereocenters. The van der Waals surface area contributed by atoms with E-state index in [1.54, 1.807) is 28.2 Å². The SMILES string of the molecule is Cc1ccc(S(=O)(=O)N2CCS[C@@H]2c2ccc3c4c(cccc24)CC3)cc1. The highest BCUT2D eigenvalue weighted by Crippen LogP contribution is 2.45. The van der Waals surface area contributed by atoms with Gasteiger partial charge in [0.2, 0.25) is 10.0 Å². The van der Waals surface area contributed by atoms with Gasteiger partial charge in [0, 0.05) is 12.3 Å². The number of hydrogen-bond donors (Lipinski definition) is 0. The molecule has 0 bridgehead atoms. The standard InChI is InChI=1S/C22H21NO2S2/c1-15-5-10-18(11-6-15)27(24,25)23-13-14-26-22(23)20-12-9-17-8-7-16-3-2-4-19(20)21(16)17/h2-6,9-12,22H,7-8,13-14H2,1H3/t22-/m1/s1. The van der Waals surface area contributed by atoms with Crippen molar-refractivity contribution in [1.82, 2.24) is 4.31 Å². The second kappa shape index (κ2) is 6.36. The van der Waals surface area contributed by atoms with Gasteiger partial charge in [0.25, 0.3) is 0 Å². The molecule has 2 aliphatic rings. The quantitative estimate of drug-likeness (QED) is 0.646. The van der Waals surface area contributed by atoms with Crippen molar-refractivity contribution in [1.29, 1.82) is 0 Å². The molecule has 1 saturated heterocycles. The first-order chi connectivity index (χ1) is 13.1. The minimum Gasteiger partial charge on any atom is -0.207 e. The van der Waals surface area contributed by atoms with Gasteiger partial charge in [-0.1, -0.05) is 48.0 Å². The Bertz CT molecular complexity index is 1130. The van der Waals surface area contributed by atoms with Gasteiger partial charge in [0.05, 0.1) is 10.3 Å². The van der Waals surface area contributed by atoms with Gasteiger partial charge in [-0.25, -0.2) is 8.42 Å². The molecule has 3 aromatic carbocycles. The first-order valence-corrected chi connectivity index (χ1v) is 11.8. The summed E-state index contributed by atoms with van der Waals surface area (Å²) in [5.41, 5.74) is 4.96. The highest BCUT2D eigenvalue weighted by atomic mass is 32.2. The zero-order chi connectivity index (χ0) is 18.6. The van der Waals surface area contributed by atoms with Crippen LogP contribution in [0.4, 0.5) is 0 Å². The van der Waals surface area contributed by atoms with Crippen LogP contribution in [0.2, 0.25) is 0 Å². The first-order valence-electron chi connectivity index (χ1n) is 9.29. The Morgan fingerprint density at radius 1 is 0.963 bits per heavy atom. The summed E-state index contributed by atoms with van der Waals surface area (Å²) in [6.07, 6.45) is 2.17. The third-order valence-corrected chi connectivity index (χ3v) is 8.91. The average molecular weight is 396 g/mol. The van der Waals surface area contributed by atoms with Gasteiger partial charge in [0.1, 0.15) is 0 Å². The number of sulfonamides is 1. The van der Waals surface area contributed by atoms with Gasteiger partial charge >= 0.3 is 0 Å². The van der Waals surface area contributed by atoms with E-state index in [9.17, 15) is 8.42 Å². The van der Waals surface area contributed by atoms with Crippen LogP contribution < -0.4 is 0 Å². The van der Waals surface area contributed by atoms with E-state index in [4.69, 9.17) is 0 Å². The summed E-state index contributed by atoms with van der Waals surface area (Å²) in [5.74, 6) is 0.818. The predicted molar refractivity (Wildman–Crippen MR) is 112 cm³/mol. The maximum absolute atomic E-state index is 13.3. The normalized spacial score (nSPS) is 19.8. The number of nitrogens with zero attached hydrogens (tertiary/aromatic N) is 1. The fourth-order valence-electron chi connectivity index (χ4n) is 4.28. The minimum atomic E-state index is -3.51. The summed E-state index contributed by atoms with van der Waals surface area (Å²) in [7, 11) is -3.51. The molecule has 1 aliphatic heterocycles. The monoisotopic (exact) mass is 395 g/mol. The number of aryl methyl sites for hydroxylation is 3. The molecule has 0 unspecified atom stereocenters. The largest absolute Gasteiger partial charge is 0.244 e. The number of benzene rings is 3. The molecule has 5 heteroatoms. The molecule has 0 spiro atoms. The topological polar surface area (TPSA) is 37.4 Å². The third kappa shape index (κ3) is 2.72. The van der Waals surface area contributed by atoms with Crippen LogP contribution >= 0.6 is 11.8 Å². The number of thioether (sulfide) groups is 1. The Kier molecular flexibility index (Phi) is 4.08. The van der Waals surface area contributed by atoms with Crippen LogP contribution in [0, 0.1) is 6.92 Å². The fourth-order valence-corrected chi connectivity index (χ4v) is 7.54. The molecule has 1 heterocycles. The van der Waals surface area contributed by atoms with Crippen molar-refractivity contribution in [2.24, 2.45) is 0 Å². The van der Waals surface area contributed by atoms with Crippen molar-refractivity contribution in [2.75, 3.05) is 12.3 Å². The Hall–Kier alpha value is -1.82. The predicted octanol–water partition coefficient (Wildman–Crippen LogP) is 4.68. The molecule has 138 valence electrons. The molecule has 0 N–H and O–H groups in total. The van der Waals surface area contributed by atoms with Crippen LogP contribution in [-0.4, -0.2) is 25.0 Å². The molecule has 3 aromatic rings. The van der Waals surface area contributed by atoms with Crippen LogP contribution in [0.15, 0.2) is 59.5 Å². The van der Waals surface area contributed by atoms with Gasteiger partial charge in [-0.3, -0.25) is 0 Å². The van der Waals surface area contributed by atoms with E-state index < -0.39 is 10.0 Å². The molecule has 27 heavy (non-hydrogen) atoms. The lowest BCUT2D eigenvalue weighted by Gasteiger charge is -2.25. The molecule has 0 aromatic heterocycles. The second-order valence-corrected chi connectivity index (χ2v) is 10.4. The fraction of sp³-hybridized carbons (Fsp3) is 0.273. The Balaban J connectivity index is 1.62. The first kappa shape index (κ1) is 17.3. The Morgan fingerprint density at radius 3 is 2.48 bits per heavy atom. The molecule has 0 saturated carbocycles. The van der Waals surface area contributed by atoms with Crippen molar-refractivity contribution in [3.05, 3.63) is 76.9 Å². The van der Waals surface area contributed by atoms with Gasteiger partial charge in [-0.15, -0.1) is 11.8 Å². The maximum atomic E-state index is 13.3. The maximum Gasteiger partial charge on any atom is 0.244 e. The highest BCUT2D eigenvalue weighted by Gasteiger charge is 2.37. The van der Waals surface area contributed by atoms with Crippen molar-refractivity contribution in [3.63, 3.8) is 0 Å². The summed E-state index contributed by atoms with van der Waals surface area (Å²) in [4.78, 5) is 0.381. The lowest BCUT2D eigenvalue weighted by molar-refractivity contribution is 0.435. The second-order valence-electron chi connectivity index (χ2n) is 7.31. The van der Waals surface area contributed by atoms with E-state index in [-0.39, 0.29) is 5.37 Å². The van der Waals surface area contributed by atoms with Gasteiger partial charge in [-0.2, -0.15) is 4.31 Å². The summed E-state index contributed by atoms with van der Waals surface area (Å²) in [6.45, 7) is 2.52. The van der Waals surface area contributed by atoms with Gasteiger partial charge < -0.3 is 0 Å². The average Bonchev–Trinajstić information content (AvgIpc) is 3.32. The van der Waals surface area contributed by atoms with Crippen LogP contribution in [-0.2, 0) is 22.9 Å². The van der Waals surface area contributed by atoms with Gasteiger partial charge in [-0.05, 0) is 59.4 Å². The van der Waals surface area contributed by atoms with Crippen LogP contribution in [0.1, 0.15) is 27.6 Å². The van der Waals surface area contributed by atoms with Crippen LogP contribution in [0.5, 0.6) is 0 Å². The molecule has 1 aliphatic carbocycles. The molecule has 0 radical (unpaired) electrons. The summed E-state index contributed by atoms with van der Waals surface area (Å²) >= 11 is 1.72. The summed E-state index contributed by atoms with van der Waals surface area (Å²) < 4.78 is 28.3. The Labute approximate surface area is 164 Å². The molecule has 5 rings (SSSR count). The van der Waals surface area contributed by atoms with Crippen molar-refractivity contribution >= 4 is 32.6 Å². The van der Waals surface area contributed by atoms with Crippen molar-refractivity contribution < 1.29 is 8.42 Å². The van der Waals surface area contributed by atoms with E-state index in [2.05, 4.69) is 30.3 Å². The lowest BCUT2D eigenvalue weighted by Crippen LogP contribution is -2.30. The third-order valence-electron chi connectivity index (χ3n) is 5.65. The summed E-state index contributed by atoms with van der Waals surface area (Å²) in [5, 5.41) is 2.39. The van der Waals surface area contributed by atoms with E-state index in [1.807, 2.05) is 19.1 Å². The van der Waals surface area contributed by atoms with Crippen LogP contribution in [0.25, 0.3) is 10.8 Å². The molecular formula is C22H21NO2S2. The zero-order valence-electron chi connectivity index (χ0n) is 15.2. The molecule has 0 amide bonds. The van der Waals surface area contributed by atoms with Crippen molar-refractivity contribution in [3.8, 4) is 0 Å². The van der Waals surface area contributed by atoms with Crippen LogP contribution in [0.3, 0.4) is 0 Å². The van der Waals surface area contributed by atoms with E-state index in [1.165, 1.54) is 21.9 Å². The minimum absolute atomic E-state index is 0.166. The highest BCUT2D eigenvalue weighted by molar-refractivity contribution is 8.01. The molecule has 3 nitrogen and oxygen atoms in total. The van der Waals surface area contributed by atoms with Crippen molar-refractivity contribution in [2.45, 2.75) is 30.0 Å². The number of hydrogen-bond acceptors (Lipinski definition) is 3. The van der Waals surface area contributed by atoms with E-state index in [0.29, 0.717) is 11.4 Å². The lowest BCUT2D eigenvalue weighted by atomic mass is 10.00. The number of rotatable bonds is 3. The molecule has 1 fully saturated rings.